The van der Waals surface area contributed by atoms with E-state index in [2.05, 4.69) is 34.5 Å². The first kappa shape index (κ1) is 16.0. The Balaban J connectivity index is 1.89. The Labute approximate surface area is 141 Å². The van der Waals surface area contributed by atoms with Crippen molar-refractivity contribution in [1.29, 1.82) is 0 Å². The number of hydrogen-bond acceptors (Lipinski definition) is 3. The maximum atomic E-state index is 12.8. The first-order valence-electron chi connectivity index (χ1n) is 7.79. The summed E-state index contributed by atoms with van der Waals surface area (Å²) in [5.74, 6) is -0.157. The topological polar surface area (TPSA) is 50.2 Å². The first-order valence-corrected chi connectivity index (χ1v) is 8.17. The minimum Gasteiger partial charge on any atom is -0.344 e. The summed E-state index contributed by atoms with van der Waals surface area (Å²) in [6, 6.07) is 8.19. The number of rotatable bonds is 3. The van der Waals surface area contributed by atoms with Crippen LogP contribution in [0.1, 0.15) is 40.1 Å². The molecule has 0 saturated carbocycles. The molecule has 0 radical (unpaired) electrons. The SMILES string of the molecule is CCc1nn(C)c(Cl)c1C(=O)NC1CN(C)Cc2ccccc21. The number of fused-ring (bicyclic) bond motifs is 1. The van der Waals surface area contributed by atoms with Gasteiger partial charge in [-0.2, -0.15) is 5.10 Å². The number of carbonyl (C=O) groups is 1. The van der Waals surface area contributed by atoms with Crippen molar-refractivity contribution < 1.29 is 4.79 Å². The minimum absolute atomic E-state index is 0.0431. The fraction of sp³-hybridized carbons (Fsp3) is 0.412. The van der Waals surface area contributed by atoms with Crippen molar-refractivity contribution in [1.82, 2.24) is 20.0 Å². The molecule has 2 aromatic rings. The van der Waals surface area contributed by atoms with Gasteiger partial charge in [0.25, 0.3) is 5.91 Å². The second-order valence-corrected chi connectivity index (χ2v) is 6.37. The molecular weight excluding hydrogens is 312 g/mol. The number of nitrogens with zero attached hydrogens (tertiary/aromatic N) is 3. The van der Waals surface area contributed by atoms with E-state index in [-0.39, 0.29) is 11.9 Å². The van der Waals surface area contributed by atoms with Gasteiger partial charge in [0.05, 0.1) is 17.3 Å². The van der Waals surface area contributed by atoms with Crippen LogP contribution in [0, 0.1) is 0 Å². The van der Waals surface area contributed by atoms with Gasteiger partial charge in [0.2, 0.25) is 0 Å². The van der Waals surface area contributed by atoms with Crippen LogP contribution in [0.3, 0.4) is 0 Å². The third kappa shape index (κ3) is 2.99. The molecule has 0 spiro atoms. The molecule has 1 atom stereocenters. The van der Waals surface area contributed by atoms with Gasteiger partial charge in [0.1, 0.15) is 5.15 Å². The van der Waals surface area contributed by atoms with Gasteiger partial charge in [-0.05, 0) is 24.6 Å². The summed E-state index contributed by atoms with van der Waals surface area (Å²) in [4.78, 5) is 15.0. The zero-order valence-electron chi connectivity index (χ0n) is 13.6. The average molecular weight is 333 g/mol. The van der Waals surface area contributed by atoms with Gasteiger partial charge in [0.15, 0.2) is 0 Å². The summed E-state index contributed by atoms with van der Waals surface area (Å²) >= 11 is 6.26. The number of halogens is 1. The Bertz CT molecular complexity index is 740. The van der Waals surface area contributed by atoms with E-state index in [1.54, 1.807) is 11.7 Å². The Morgan fingerprint density at radius 2 is 2.13 bits per heavy atom. The van der Waals surface area contributed by atoms with Crippen molar-refractivity contribution in [3.05, 3.63) is 51.8 Å². The molecule has 0 fully saturated rings. The maximum absolute atomic E-state index is 12.8. The summed E-state index contributed by atoms with van der Waals surface area (Å²) in [5, 5.41) is 7.83. The molecule has 6 heteroatoms. The van der Waals surface area contributed by atoms with Gasteiger partial charge >= 0.3 is 0 Å². The molecule has 1 unspecified atom stereocenters. The maximum Gasteiger partial charge on any atom is 0.256 e. The molecule has 122 valence electrons. The van der Waals surface area contributed by atoms with Crippen LogP contribution in [-0.2, 0) is 20.0 Å². The van der Waals surface area contributed by atoms with Crippen molar-refractivity contribution in [3.63, 3.8) is 0 Å². The quantitative estimate of drug-likeness (QED) is 0.939. The van der Waals surface area contributed by atoms with Gasteiger partial charge in [-0.3, -0.25) is 14.4 Å². The van der Waals surface area contributed by atoms with E-state index in [0.29, 0.717) is 17.1 Å². The molecule has 5 nitrogen and oxygen atoms in total. The van der Waals surface area contributed by atoms with E-state index in [9.17, 15) is 4.79 Å². The fourth-order valence-electron chi connectivity index (χ4n) is 3.17. The minimum atomic E-state index is -0.157. The van der Waals surface area contributed by atoms with Crippen LogP contribution >= 0.6 is 11.6 Å². The Hall–Kier alpha value is -1.85. The highest BCUT2D eigenvalue weighted by Crippen LogP contribution is 2.27. The third-order valence-corrected chi connectivity index (χ3v) is 4.72. The zero-order valence-corrected chi connectivity index (χ0v) is 14.4. The summed E-state index contributed by atoms with van der Waals surface area (Å²) < 4.78 is 1.55. The summed E-state index contributed by atoms with van der Waals surface area (Å²) in [6.07, 6.45) is 0.671. The summed E-state index contributed by atoms with van der Waals surface area (Å²) in [5.41, 5.74) is 3.64. The molecule has 1 aromatic heterocycles. The monoisotopic (exact) mass is 332 g/mol. The van der Waals surface area contributed by atoms with Crippen LogP contribution in [0.25, 0.3) is 0 Å². The van der Waals surface area contributed by atoms with E-state index in [1.807, 2.05) is 19.1 Å². The standard InChI is InChI=1S/C17H21ClN4O/c1-4-13-15(16(18)22(3)20-13)17(23)19-14-10-21(2)9-11-7-5-6-8-12(11)14/h5-8,14H,4,9-10H2,1-3H3,(H,19,23). The molecule has 1 aromatic carbocycles. The Kier molecular flexibility index (Phi) is 4.41. The highest BCUT2D eigenvalue weighted by atomic mass is 35.5. The van der Waals surface area contributed by atoms with Gasteiger partial charge in [-0.1, -0.05) is 42.8 Å². The van der Waals surface area contributed by atoms with Gasteiger partial charge in [-0.15, -0.1) is 0 Å². The highest BCUT2D eigenvalue weighted by Gasteiger charge is 2.27. The Morgan fingerprint density at radius 3 is 2.87 bits per heavy atom. The van der Waals surface area contributed by atoms with Crippen LogP contribution in [0.5, 0.6) is 0 Å². The predicted octanol–water partition coefficient (Wildman–Crippen LogP) is 2.55. The van der Waals surface area contributed by atoms with Crippen molar-refractivity contribution in [2.75, 3.05) is 13.6 Å². The predicted molar refractivity (Wildman–Crippen MR) is 90.6 cm³/mol. The average Bonchev–Trinajstić information content (AvgIpc) is 2.82. The largest absolute Gasteiger partial charge is 0.344 e. The van der Waals surface area contributed by atoms with Crippen LogP contribution in [0.4, 0.5) is 0 Å². The van der Waals surface area contributed by atoms with Crippen LogP contribution in [0.2, 0.25) is 5.15 Å². The van der Waals surface area contributed by atoms with Crippen molar-refractivity contribution in [2.45, 2.75) is 25.9 Å². The van der Waals surface area contributed by atoms with Gasteiger partial charge < -0.3 is 5.32 Å². The number of carbonyl (C=O) groups excluding carboxylic acids is 1. The van der Waals surface area contributed by atoms with Crippen LogP contribution in [0.15, 0.2) is 24.3 Å². The molecule has 0 aliphatic carbocycles. The van der Waals surface area contributed by atoms with E-state index in [1.165, 1.54) is 11.1 Å². The second-order valence-electron chi connectivity index (χ2n) is 6.01. The van der Waals surface area contributed by atoms with Gasteiger partial charge in [0, 0.05) is 20.1 Å². The number of amides is 1. The van der Waals surface area contributed by atoms with Crippen molar-refractivity contribution in [3.8, 4) is 0 Å². The molecular formula is C17H21ClN4O. The lowest BCUT2D eigenvalue weighted by Gasteiger charge is -2.32. The lowest BCUT2D eigenvalue weighted by molar-refractivity contribution is 0.0921. The summed E-state index contributed by atoms with van der Waals surface area (Å²) in [7, 11) is 3.81. The molecule has 1 aliphatic heterocycles. The van der Waals surface area contributed by atoms with E-state index in [0.717, 1.165) is 18.8 Å². The molecule has 3 rings (SSSR count). The molecule has 1 amide bonds. The fourth-order valence-corrected chi connectivity index (χ4v) is 3.40. The number of aromatic nitrogens is 2. The van der Waals surface area contributed by atoms with Crippen molar-refractivity contribution in [2.24, 2.45) is 7.05 Å². The summed E-state index contributed by atoms with van der Waals surface area (Å²) in [6.45, 7) is 3.65. The Morgan fingerprint density at radius 1 is 1.39 bits per heavy atom. The van der Waals surface area contributed by atoms with Crippen molar-refractivity contribution >= 4 is 17.5 Å². The lowest BCUT2D eigenvalue weighted by Crippen LogP contribution is -2.40. The van der Waals surface area contributed by atoms with E-state index < -0.39 is 0 Å². The first-order chi connectivity index (χ1) is 11.0. The molecule has 23 heavy (non-hydrogen) atoms. The molecule has 0 bridgehead atoms. The normalized spacial score (nSPS) is 17.8. The number of benzene rings is 1. The molecule has 1 aliphatic rings. The number of hydrogen-bond donors (Lipinski definition) is 1. The zero-order chi connectivity index (χ0) is 16.6. The molecule has 1 N–H and O–H groups in total. The lowest BCUT2D eigenvalue weighted by atomic mass is 9.95. The van der Waals surface area contributed by atoms with E-state index in [4.69, 9.17) is 11.6 Å². The smallest absolute Gasteiger partial charge is 0.256 e. The van der Waals surface area contributed by atoms with Gasteiger partial charge in [-0.25, -0.2) is 0 Å². The number of nitrogens with one attached hydrogen (secondary N) is 1. The molecule has 2 heterocycles. The second kappa shape index (κ2) is 6.34. The van der Waals surface area contributed by atoms with Crippen LogP contribution in [-0.4, -0.2) is 34.2 Å². The number of likely N-dealkylation sites (N-methyl/N-ethyl adjacent to an activating group) is 1. The highest BCUT2D eigenvalue weighted by molar-refractivity contribution is 6.33. The number of aryl methyl sites for hydroxylation is 2. The van der Waals surface area contributed by atoms with E-state index >= 15 is 0 Å². The third-order valence-electron chi connectivity index (χ3n) is 4.28. The van der Waals surface area contributed by atoms with Crippen LogP contribution < -0.4 is 5.32 Å². The molecule has 0 saturated heterocycles.